The van der Waals surface area contributed by atoms with Gasteiger partial charge in [0.1, 0.15) is 17.4 Å². The van der Waals surface area contributed by atoms with E-state index in [0.717, 1.165) is 0 Å². The zero-order valence-corrected chi connectivity index (χ0v) is 10.8. The molecule has 19 heavy (non-hydrogen) atoms. The third-order valence-corrected chi connectivity index (χ3v) is 3.05. The van der Waals surface area contributed by atoms with Gasteiger partial charge in [-0.3, -0.25) is 4.79 Å². The maximum Gasteiger partial charge on any atom is 0.141 e. The van der Waals surface area contributed by atoms with E-state index < -0.39 is 5.82 Å². The second-order valence-corrected chi connectivity index (χ2v) is 4.67. The van der Waals surface area contributed by atoms with Gasteiger partial charge in [0, 0.05) is 17.9 Å². The van der Waals surface area contributed by atoms with Crippen molar-refractivity contribution in [3.8, 4) is 0 Å². The molecule has 98 valence electrons. The molecule has 1 nitrogen and oxygen atoms in total. The van der Waals surface area contributed by atoms with Gasteiger partial charge in [-0.1, -0.05) is 23.7 Å². The lowest BCUT2D eigenvalue weighted by Crippen LogP contribution is -2.07. The summed E-state index contributed by atoms with van der Waals surface area (Å²) >= 11 is 5.89. The number of hydrogen-bond donors (Lipinski definition) is 0. The molecule has 2 aromatic carbocycles. The number of benzene rings is 2. The van der Waals surface area contributed by atoms with E-state index in [4.69, 9.17) is 11.6 Å². The topological polar surface area (TPSA) is 17.1 Å². The predicted molar refractivity (Wildman–Crippen MR) is 70.2 cm³/mol. The van der Waals surface area contributed by atoms with Gasteiger partial charge >= 0.3 is 0 Å². The van der Waals surface area contributed by atoms with Crippen LogP contribution in [0.25, 0.3) is 0 Å². The second kappa shape index (κ2) is 5.93. The summed E-state index contributed by atoms with van der Waals surface area (Å²) < 4.78 is 26.0. The minimum Gasteiger partial charge on any atom is -0.299 e. The van der Waals surface area contributed by atoms with Crippen molar-refractivity contribution in [3.05, 3.63) is 70.2 Å². The third kappa shape index (κ3) is 3.86. The largest absolute Gasteiger partial charge is 0.299 e. The fourth-order valence-electron chi connectivity index (χ4n) is 1.83. The summed E-state index contributed by atoms with van der Waals surface area (Å²) in [6, 6.07) is 9.75. The van der Waals surface area contributed by atoms with Crippen LogP contribution in [0.15, 0.2) is 42.5 Å². The lowest BCUT2D eigenvalue weighted by atomic mass is 10.0. The Morgan fingerprint density at radius 2 is 1.74 bits per heavy atom. The molecule has 4 heteroatoms. The Bertz CT molecular complexity index is 611. The maximum absolute atomic E-state index is 13.1. The van der Waals surface area contributed by atoms with E-state index in [0.29, 0.717) is 16.1 Å². The molecule has 0 saturated carbocycles. The number of Topliss-reactive ketones (excluding diaryl/α,β-unsaturated/α-hetero) is 1. The lowest BCUT2D eigenvalue weighted by molar-refractivity contribution is -0.117. The van der Waals surface area contributed by atoms with E-state index in [1.54, 1.807) is 12.1 Å². The highest BCUT2D eigenvalue weighted by Gasteiger charge is 2.09. The van der Waals surface area contributed by atoms with Crippen LogP contribution in [0.2, 0.25) is 5.02 Å². The van der Waals surface area contributed by atoms with Crippen LogP contribution in [0.1, 0.15) is 11.1 Å². The van der Waals surface area contributed by atoms with Crippen LogP contribution in [0.3, 0.4) is 0 Å². The fraction of sp³-hybridized carbons (Fsp3) is 0.133. The number of carbonyl (C=O) groups excluding carboxylic acids is 1. The Labute approximate surface area is 114 Å². The minimum absolute atomic E-state index is 0.0348. The molecular formula is C15H11ClF2O. The van der Waals surface area contributed by atoms with E-state index in [-0.39, 0.29) is 24.4 Å². The molecule has 0 spiro atoms. The zero-order chi connectivity index (χ0) is 13.8. The highest BCUT2D eigenvalue weighted by molar-refractivity contribution is 6.31. The smallest absolute Gasteiger partial charge is 0.141 e. The van der Waals surface area contributed by atoms with Crippen LogP contribution in [0, 0.1) is 11.6 Å². The first kappa shape index (κ1) is 13.7. The maximum atomic E-state index is 13.1. The zero-order valence-electron chi connectivity index (χ0n) is 10.00. The van der Waals surface area contributed by atoms with Gasteiger partial charge in [-0.15, -0.1) is 0 Å². The predicted octanol–water partition coefficient (Wildman–Crippen LogP) is 3.97. The summed E-state index contributed by atoms with van der Waals surface area (Å²) in [6.45, 7) is 0. The van der Waals surface area contributed by atoms with Gasteiger partial charge in [0.05, 0.1) is 0 Å². The van der Waals surface area contributed by atoms with Crippen molar-refractivity contribution < 1.29 is 13.6 Å². The van der Waals surface area contributed by atoms with Crippen molar-refractivity contribution >= 4 is 17.4 Å². The van der Waals surface area contributed by atoms with E-state index in [1.807, 2.05) is 0 Å². The van der Waals surface area contributed by atoms with Crippen molar-refractivity contribution in [2.24, 2.45) is 0 Å². The number of halogens is 3. The summed E-state index contributed by atoms with van der Waals surface area (Å²) in [5.74, 6) is -0.954. The number of hydrogen-bond acceptors (Lipinski definition) is 1. The molecule has 0 saturated heterocycles. The summed E-state index contributed by atoms with van der Waals surface area (Å²) in [5.41, 5.74) is 1.04. The van der Waals surface area contributed by atoms with Gasteiger partial charge in [-0.25, -0.2) is 8.78 Å². The summed E-state index contributed by atoms with van der Waals surface area (Å²) in [4.78, 5) is 11.9. The van der Waals surface area contributed by atoms with E-state index in [9.17, 15) is 13.6 Å². The van der Waals surface area contributed by atoms with Gasteiger partial charge in [0.2, 0.25) is 0 Å². The van der Waals surface area contributed by atoms with Crippen molar-refractivity contribution in [3.63, 3.8) is 0 Å². The molecule has 0 unspecified atom stereocenters. The highest BCUT2D eigenvalue weighted by Crippen LogP contribution is 2.18. The standard InChI is InChI=1S/C15H11ClF2O/c16-15-5-4-13(18)8-11(15)9-14(19)7-10-2-1-3-12(17)6-10/h1-6,8H,7,9H2. The number of ketones is 1. The molecule has 0 bridgehead atoms. The molecule has 2 rings (SSSR count). The van der Waals surface area contributed by atoms with Gasteiger partial charge < -0.3 is 0 Å². The average molecular weight is 281 g/mol. The van der Waals surface area contributed by atoms with Gasteiger partial charge in [0.15, 0.2) is 0 Å². The van der Waals surface area contributed by atoms with Gasteiger partial charge in [0.25, 0.3) is 0 Å². The van der Waals surface area contributed by atoms with Crippen LogP contribution in [0.4, 0.5) is 8.78 Å². The molecule has 0 aliphatic heterocycles. The Hall–Kier alpha value is -1.74. The Morgan fingerprint density at radius 1 is 1.00 bits per heavy atom. The van der Waals surface area contributed by atoms with Crippen LogP contribution in [-0.4, -0.2) is 5.78 Å². The molecule has 0 atom stereocenters. The molecule has 0 aromatic heterocycles. The number of carbonyl (C=O) groups is 1. The molecule has 0 aliphatic rings. The van der Waals surface area contributed by atoms with Crippen LogP contribution >= 0.6 is 11.6 Å². The fourth-order valence-corrected chi connectivity index (χ4v) is 2.01. The molecular weight excluding hydrogens is 270 g/mol. The second-order valence-electron chi connectivity index (χ2n) is 4.26. The van der Waals surface area contributed by atoms with Crippen LogP contribution in [0.5, 0.6) is 0 Å². The Morgan fingerprint density at radius 3 is 2.47 bits per heavy atom. The molecule has 0 heterocycles. The molecule has 0 N–H and O–H groups in total. The first-order chi connectivity index (χ1) is 9.04. The van der Waals surface area contributed by atoms with Crippen molar-refractivity contribution in [2.45, 2.75) is 12.8 Å². The molecule has 0 amide bonds. The molecule has 0 radical (unpaired) electrons. The van der Waals surface area contributed by atoms with E-state index in [1.165, 1.54) is 30.3 Å². The summed E-state index contributed by atoms with van der Waals surface area (Å²) in [5, 5.41) is 0.356. The Balaban J connectivity index is 2.07. The normalized spacial score (nSPS) is 10.5. The SMILES string of the molecule is O=C(Cc1cccc(F)c1)Cc1cc(F)ccc1Cl. The van der Waals surface area contributed by atoms with Gasteiger partial charge in [-0.2, -0.15) is 0 Å². The monoisotopic (exact) mass is 280 g/mol. The summed E-state index contributed by atoms with van der Waals surface area (Å²) in [7, 11) is 0. The minimum atomic E-state index is -0.432. The van der Waals surface area contributed by atoms with Gasteiger partial charge in [-0.05, 0) is 41.5 Å². The quantitative estimate of drug-likeness (QED) is 0.828. The Kier molecular flexibility index (Phi) is 4.27. The highest BCUT2D eigenvalue weighted by atomic mass is 35.5. The van der Waals surface area contributed by atoms with Crippen molar-refractivity contribution in [1.82, 2.24) is 0 Å². The van der Waals surface area contributed by atoms with Crippen LogP contribution in [-0.2, 0) is 17.6 Å². The number of rotatable bonds is 4. The van der Waals surface area contributed by atoms with E-state index in [2.05, 4.69) is 0 Å². The van der Waals surface area contributed by atoms with E-state index >= 15 is 0 Å². The third-order valence-electron chi connectivity index (χ3n) is 2.69. The summed E-state index contributed by atoms with van der Waals surface area (Å²) in [6.07, 6.45) is 0.137. The molecule has 0 fully saturated rings. The van der Waals surface area contributed by atoms with Crippen LogP contribution < -0.4 is 0 Å². The van der Waals surface area contributed by atoms with Crippen molar-refractivity contribution in [1.29, 1.82) is 0 Å². The molecule has 0 aliphatic carbocycles. The first-order valence-electron chi connectivity index (χ1n) is 5.74. The van der Waals surface area contributed by atoms with Crippen molar-refractivity contribution in [2.75, 3.05) is 0 Å². The molecule has 2 aromatic rings. The lowest BCUT2D eigenvalue weighted by Gasteiger charge is -2.04. The first-order valence-corrected chi connectivity index (χ1v) is 6.12. The average Bonchev–Trinajstić information content (AvgIpc) is 2.34.